The third kappa shape index (κ3) is 4.80. The largest absolute Gasteiger partial charge is 0.396 e. The number of H-pyrrole nitrogens is 1. The van der Waals surface area contributed by atoms with Crippen molar-refractivity contribution >= 4 is 34.1 Å². The van der Waals surface area contributed by atoms with Crippen molar-refractivity contribution in [3.05, 3.63) is 75.4 Å². The molecule has 158 valence electrons. The van der Waals surface area contributed by atoms with Gasteiger partial charge in [0.1, 0.15) is 5.82 Å². The van der Waals surface area contributed by atoms with E-state index in [1.165, 1.54) is 18.2 Å². The minimum absolute atomic E-state index is 0.0268. The highest BCUT2D eigenvalue weighted by molar-refractivity contribution is 6.31. The molecule has 3 aromatic rings. The van der Waals surface area contributed by atoms with E-state index in [0.29, 0.717) is 30.5 Å². The second-order valence-corrected chi connectivity index (χ2v) is 7.39. The number of hydrogen-bond donors (Lipinski definition) is 3. The number of anilines is 1. The number of pyridine rings is 1. The van der Waals surface area contributed by atoms with Crippen LogP contribution in [0.1, 0.15) is 31.4 Å². The molecule has 3 N–H and O–H groups in total. The first-order valence-electron chi connectivity index (χ1n) is 9.66. The van der Waals surface area contributed by atoms with Gasteiger partial charge in [-0.2, -0.15) is 0 Å². The van der Waals surface area contributed by atoms with Gasteiger partial charge in [0.05, 0.1) is 11.1 Å². The van der Waals surface area contributed by atoms with Crippen LogP contribution in [0.15, 0.2) is 53.5 Å². The van der Waals surface area contributed by atoms with E-state index in [2.05, 4.69) is 10.3 Å². The number of unbranched alkanes of at least 4 members (excludes halogenated alkanes) is 1. The summed E-state index contributed by atoms with van der Waals surface area (Å²) < 4.78 is 13.4. The summed E-state index contributed by atoms with van der Waals surface area (Å²) >= 11 is 5.82. The molecule has 0 aliphatic carbocycles. The van der Waals surface area contributed by atoms with E-state index in [-0.39, 0.29) is 23.2 Å². The molecule has 0 fully saturated rings. The Morgan fingerprint density at radius 2 is 1.97 bits per heavy atom. The van der Waals surface area contributed by atoms with Gasteiger partial charge in [-0.3, -0.25) is 4.79 Å². The average molecular weight is 432 g/mol. The zero-order valence-electron chi connectivity index (χ0n) is 16.5. The first-order valence-corrected chi connectivity index (χ1v) is 10.0. The van der Waals surface area contributed by atoms with Crippen LogP contribution in [-0.4, -0.2) is 34.2 Å². The number of nitrogens with zero attached hydrogens (tertiary/aromatic N) is 1. The maximum atomic E-state index is 13.4. The predicted octanol–water partition coefficient (Wildman–Crippen LogP) is 4.69. The molecule has 1 heterocycles. The SMILES string of the molecule is C[C@@H](c1c[nH]c(=O)c2ccccc12)N(CCCCO)C(=O)Nc1ccc(F)c(Cl)c1. The number of carbonyl (C=O) groups excluding carboxylic acids is 1. The number of carbonyl (C=O) groups is 1. The Labute approximate surface area is 178 Å². The van der Waals surface area contributed by atoms with Gasteiger partial charge in [-0.1, -0.05) is 29.8 Å². The quantitative estimate of drug-likeness (QED) is 0.474. The van der Waals surface area contributed by atoms with Crippen molar-refractivity contribution in [2.24, 2.45) is 0 Å². The van der Waals surface area contributed by atoms with Crippen LogP contribution in [-0.2, 0) is 0 Å². The van der Waals surface area contributed by atoms with Crippen LogP contribution in [0.3, 0.4) is 0 Å². The molecular formula is C22H23ClFN3O3. The number of aromatic nitrogens is 1. The lowest BCUT2D eigenvalue weighted by molar-refractivity contribution is 0.188. The molecule has 0 aliphatic rings. The van der Waals surface area contributed by atoms with Gasteiger partial charge < -0.3 is 20.3 Å². The number of aromatic amines is 1. The summed E-state index contributed by atoms with van der Waals surface area (Å²) in [6.07, 6.45) is 2.77. The number of nitrogens with one attached hydrogen (secondary N) is 2. The van der Waals surface area contributed by atoms with Crippen LogP contribution in [0.5, 0.6) is 0 Å². The van der Waals surface area contributed by atoms with E-state index in [9.17, 15) is 14.0 Å². The van der Waals surface area contributed by atoms with Crippen molar-refractivity contribution in [3.63, 3.8) is 0 Å². The fraction of sp³-hybridized carbons (Fsp3) is 0.273. The maximum absolute atomic E-state index is 13.4. The van der Waals surface area contributed by atoms with E-state index in [1.807, 2.05) is 19.1 Å². The number of aliphatic hydroxyl groups is 1. The highest BCUT2D eigenvalue weighted by Gasteiger charge is 2.23. The van der Waals surface area contributed by atoms with Gasteiger partial charge in [0.2, 0.25) is 0 Å². The van der Waals surface area contributed by atoms with Crippen LogP contribution in [0.2, 0.25) is 5.02 Å². The van der Waals surface area contributed by atoms with Crippen LogP contribution < -0.4 is 10.9 Å². The summed E-state index contributed by atoms with van der Waals surface area (Å²) in [6.45, 7) is 2.28. The molecule has 6 nitrogen and oxygen atoms in total. The summed E-state index contributed by atoms with van der Waals surface area (Å²) in [7, 11) is 0. The highest BCUT2D eigenvalue weighted by Crippen LogP contribution is 2.27. The van der Waals surface area contributed by atoms with Crippen molar-refractivity contribution in [1.82, 2.24) is 9.88 Å². The topological polar surface area (TPSA) is 85.4 Å². The summed E-state index contributed by atoms with van der Waals surface area (Å²) in [6, 6.07) is 10.4. The molecule has 0 spiro atoms. The third-order valence-corrected chi connectivity index (χ3v) is 5.29. The molecule has 30 heavy (non-hydrogen) atoms. The van der Waals surface area contributed by atoms with Crippen LogP contribution in [0.4, 0.5) is 14.9 Å². The van der Waals surface area contributed by atoms with Gasteiger partial charge in [0.15, 0.2) is 0 Å². The van der Waals surface area contributed by atoms with Crippen molar-refractivity contribution in [2.45, 2.75) is 25.8 Å². The molecule has 8 heteroatoms. The molecular weight excluding hydrogens is 409 g/mol. The first-order chi connectivity index (χ1) is 14.4. The molecule has 0 unspecified atom stereocenters. The van der Waals surface area contributed by atoms with E-state index in [0.717, 1.165) is 10.9 Å². The number of urea groups is 1. The summed E-state index contributed by atoms with van der Waals surface area (Å²) in [5.41, 5.74) is 0.970. The lowest BCUT2D eigenvalue weighted by Crippen LogP contribution is -2.38. The second-order valence-electron chi connectivity index (χ2n) is 6.98. The molecule has 0 radical (unpaired) electrons. The number of aliphatic hydroxyl groups excluding tert-OH is 1. The molecule has 2 amide bonds. The van der Waals surface area contributed by atoms with Crippen molar-refractivity contribution < 1.29 is 14.3 Å². The second kappa shape index (κ2) is 9.73. The standard InChI is InChI=1S/C22H23ClFN3O3/c1-14(18-13-25-21(29)17-7-3-2-6-16(17)18)27(10-4-5-11-28)22(30)26-15-8-9-20(24)19(23)12-15/h2-3,6-9,12-14,28H,4-5,10-11H2,1H3,(H,25,29)(H,26,30)/t14-/m0/s1. The van der Waals surface area contributed by atoms with Crippen LogP contribution >= 0.6 is 11.6 Å². The monoisotopic (exact) mass is 431 g/mol. The maximum Gasteiger partial charge on any atom is 0.322 e. The van der Waals surface area contributed by atoms with Crippen molar-refractivity contribution in [1.29, 1.82) is 0 Å². The summed E-state index contributed by atoms with van der Waals surface area (Å²) in [5.74, 6) is -0.567. The fourth-order valence-corrected chi connectivity index (χ4v) is 3.56. The molecule has 2 aromatic carbocycles. The van der Waals surface area contributed by atoms with E-state index in [4.69, 9.17) is 16.7 Å². The van der Waals surface area contributed by atoms with Gasteiger partial charge in [-0.05, 0) is 55.0 Å². The third-order valence-electron chi connectivity index (χ3n) is 5.00. The van der Waals surface area contributed by atoms with Gasteiger partial charge in [0, 0.05) is 30.4 Å². The first kappa shape index (κ1) is 21.8. The normalized spacial score (nSPS) is 12.0. The molecule has 1 aromatic heterocycles. The lowest BCUT2D eigenvalue weighted by Gasteiger charge is -2.30. The zero-order chi connectivity index (χ0) is 21.7. The summed E-state index contributed by atoms with van der Waals surface area (Å²) in [4.78, 5) is 29.6. The van der Waals surface area contributed by atoms with E-state index < -0.39 is 11.8 Å². The molecule has 1 atom stereocenters. The fourth-order valence-electron chi connectivity index (χ4n) is 3.38. The van der Waals surface area contributed by atoms with Gasteiger partial charge in [-0.15, -0.1) is 0 Å². The Morgan fingerprint density at radius 1 is 1.23 bits per heavy atom. The number of hydrogen-bond acceptors (Lipinski definition) is 3. The van der Waals surface area contributed by atoms with Gasteiger partial charge in [-0.25, -0.2) is 9.18 Å². The highest BCUT2D eigenvalue weighted by atomic mass is 35.5. The molecule has 0 bridgehead atoms. The predicted molar refractivity (Wildman–Crippen MR) is 116 cm³/mol. The minimum Gasteiger partial charge on any atom is -0.396 e. The van der Waals surface area contributed by atoms with Crippen LogP contribution in [0.25, 0.3) is 10.8 Å². The molecule has 0 saturated carbocycles. The molecule has 0 aliphatic heterocycles. The number of rotatable bonds is 7. The van der Waals surface area contributed by atoms with Gasteiger partial charge in [0.25, 0.3) is 5.56 Å². The Bertz CT molecular complexity index is 1100. The van der Waals surface area contributed by atoms with E-state index in [1.54, 1.807) is 23.2 Å². The van der Waals surface area contributed by atoms with E-state index >= 15 is 0 Å². The number of amides is 2. The average Bonchev–Trinajstić information content (AvgIpc) is 2.74. The summed E-state index contributed by atoms with van der Waals surface area (Å²) in [5, 5.41) is 13.1. The number of benzene rings is 2. The Kier molecular flexibility index (Phi) is 7.07. The lowest BCUT2D eigenvalue weighted by atomic mass is 10.0. The minimum atomic E-state index is -0.567. The Hall–Kier alpha value is -2.90. The van der Waals surface area contributed by atoms with Gasteiger partial charge >= 0.3 is 6.03 Å². The molecule has 3 rings (SSSR count). The van der Waals surface area contributed by atoms with Crippen molar-refractivity contribution in [2.75, 3.05) is 18.5 Å². The molecule has 0 saturated heterocycles. The number of halogens is 2. The van der Waals surface area contributed by atoms with Crippen molar-refractivity contribution in [3.8, 4) is 0 Å². The smallest absolute Gasteiger partial charge is 0.322 e. The zero-order valence-corrected chi connectivity index (χ0v) is 17.2. The number of fused-ring (bicyclic) bond motifs is 1. The van der Waals surface area contributed by atoms with Crippen LogP contribution in [0, 0.1) is 5.82 Å². The Morgan fingerprint density at radius 3 is 2.67 bits per heavy atom. The Balaban J connectivity index is 1.92.